The summed E-state index contributed by atoms with van der Waals surface area (Å²) in [6.07, 6.45) is 3.75. The summed E-state index contributed by atoms with van der Waals surface area (Å²) in [6.45, 7) is 4.42. The van der Waals surface area contributed by atoms with Crippen LogP contribution in [0.1, 0.15) is 64.4 Å². The van der Waals surface area contributed by atoms with E-state index in [4.69, 9.17) is 17.2 Å². The maximum Gasteiger partial charge on any atom is 0.326 e. The summed E-state index contributed by atoms with van der Waals surface area (Å²) in [5.74, 6) is -3.19. The van der Waals surface area contributed by atoms with E-state index in [-0.39, 0.29) is 24.5 Å². The van der Waals surface area contributed by atoms with E-state index in [1.807, 2.05) is 6.92 Å². The standard InChI is InChI=1S/C27H46N6O6/c1-3-17(2)23(27(38)39)33-25(36)21(9-5-7-15-29)31-26(37)22(16-18-10-12-19(34)13-11-18)32-24(35)20(30)8-4-6-14-28/h10-13,17,20-23,34H,3-9,14-16,28-30H2,1-2H3,(H,31,37)(H,32,35)(H,33,36)(H,38,39). The molecule has 220 valence electrons. The lowest BCUT2D eigenvalue weighted by Gasteiger charge is -2.26. The number of nitrogens with two attached hydrogens (primary N) is 3. The van der Waals surface area contributed by atoms with Gasteiger partial charge in [-0.15, -0.1) is 0 Å². The van der Waals surface area contributed by atoms with Gasteiger partial charge >= 0.3 is 5.97 Å². The Balaban J connectivity index is 3.13. The van der Waals surface area contributed by atoms with Crippen molar-refractivity contribution in [2.75, 3.05) is 13.1 Å². The molecular formula is C27H46N6O6. The molecule has 12 heteroatoms. The van der Waals surface area contributed by atoms with Crippen LogP contribution in [0.2, 0.25) is 0 Å². The summed E-state index contributed by atoms with van der Waals surface area (Å²) in [6, 6.07) is 2.11. The molecule has 0 heterocycles. The smallest absolute Gasteiger partial charge is 0.326 e. The molecule has 1 rings (SSSR count). The van der Waals surface area contributed by atoms with E-state index in [1.54, 1.807) is 19.1 Å². The van der Waals surface area contributed by atoms with Crippen LogP contribution in [-0.4, -0.2) is 71.2 Å². The summed E-state index contributed by atoms with van der Waals surface area (Å²) in [5, 5.41) is 27.1. The van der Waals surface area contributed by atoms with E-state index in [9.17, 15) is 29.4 Å². The number of amides is 3. The minimum Gasteiger partial charge on any atom is -0.508 e. The number of phenols is 1. The number of benzene rings is 1. The lowest BCUT2D eigenvalue weighted by molar-refractivity contribution is -0.144. The topological polar surface area (TPSA) is 223 Å². The van der Waals surface area contributed by atoms with Crippen molar-refractivity contribution >= 4 is 23.7 Å². The molecule has 0 spiro atoms. The molecule has 1 aromatic rings. The predicted molar refractivity (Wildman–Crippen MR) is 148 cm³/mol. The first-order chi connectivity index (χ1) is 18.5. The van der Waals surface area contributed by atoms with Gasteiger partial charge in [-0.1, -0.05) is 38.8 Å². The molecule has 5 atom stereocenters. The van der Waals surface area contributed by atoms with Crippen LogP contribution in [0, 0.1) is 5.92 Å². The molecule has 0 bridgehead atoms. The Bertz CT molecular complexity index is 913. The van der Waals surface area contributed by atoms with Crippen LogP contribution in [0.4, 0.5) is 0 Å². The number of nitrogens with one attached hydrogen (secondary N) is 3. The zero-order valence-corrected chi connectivity index (χ0v) is 23.0. The van der Waals surface area contributed by atoms with Crippen molar-refractivity contribution in [3.05, 3.63) is 29.8 Å². The minimum atomic E-state index is -1.16. The van der Waals surface area contributed by atoms with E-state index in [0.717, 1.165) is 0 Å². The molecule has 3 amide bonds. The van der Waals surface area contributed by atoms with Crippen molar-refractivity contribution in [3.8, 4) is 5.75 Å². The van der Waals surface area contributed by atoms with Crippen molar-refractivity contribution in [1.29, 1.82) is 0 Å². The van der Waals surface area contributed by atoms with Gasteiger partial charge in [0.05, 0.1) is 6.04 Å². The van der Waals surface area contributed by atoms with Gasteiger partial charge in [0.1, 0.15) is 23.9 Å². The zero-order chi connectivity index (χ0) is 29.4. The molecule has 0 aliphatic rings. The number of aliphatic carboxylic acids is 1. The number of aromatic hydroxyl groups is 1. The molecular weight excluding hydrogens is 504 g/mol. The zero-order valence-electron chi connectivity index (χ0n) is 23.0. The predicted octanol–water partition coefficient (Wildman–Crippen LogP) is 0.105. The quantitative estimate of drug-likeness (QED) is 0.109. The molecule has 0 saturated heterocycles. The van der Waals surface area contributed by atoms with E-state index in [2.05, 4.69) is 16.0 Å². The molecule has 1 aromatic carbocycles. The SMILES string of the molecule is CCC(C)C(NC(=O)C(CCCCN)NC(=O)C(Cc1ccc(O)cc1)NC(=O)C(N)CCCCN)C(=O)O. The van der Waals surface area contributed by atoms with Gasteiger partial charge in [-0.2, -0.15) is 0 Å². The Hall–Kier alpha value is -3.22. The molecule has 0 aliphatic carbocycles. The second kappa shape index (κ2) is 18.1. The van der Waals surface area contributed by atoms with Gasteiger partial charge in [-0.05, 0) is 68.8 Å². The number of carbonyl (C=O) groups is 4. The fraction of sp³-hybridized carbons (Fsp3) is 0.630. The van der Waals surface area contributed by atoms with Gasteiger partial charge < -0.3 is 43.4 Å². The summed E-state index contributed by atoms with van der Waals surface area (Å²) < 4.78 is 0. The van der Waals surface area contributed by atoms with Crippen LogP contribution >= 0.6 is 0 Å². The third-order valence-corrected chi connectivity index (χ3v) is 6.67. The highest BCUT2D eigenvalue weighted by molar-refractivity contribution is 5.94. The van der Waals surface area contributed by atoms with Crippen LogP contribution in [0.5, 0.6) is 5.75 Å². The molecule has 0 aromatic heterocycles. The number of hydrogen-bond acceptors (Lipinski definition) is 8. The van der Waals surface area contributed by atoms with Crippen LogP contribution in [0.25, 0.3) is 0 Å². The average molecular weight is 551 g/mol. The van der Waals surface area contributed by atoms with E-state index >= 15 is 0 Å². The van der Waals surface area contributed by atoms with Gasteiger partial charge in [0.15, 0.2) is 0 Å². The monoisotopic (exact) mass is 550 g/mol. The third-order valence-electron chi connectivity index (χ3n) is 6.67. The molecule has 0 radical (unpaired) electrons. The van der Waals surface area contributed by atoms with Crippen LogP contribution in [0.3, 0.4) is 0 Å². The molecule has 0 saturated carbocycles. The Morgan fingerprint density at radius 2 is 1.36 bits per heavy atom. The number of unbranched alkanes of at least 4 members (excludes halogenated alkanes) is 2. The van der Waals surface area contributed by atoms with Crippen LogP contribution in [0.15, 0.2) is 24.3 Å². The third kappa shape index (κ3) is 12.5. The van der Waals surface area contributed by atoms with Crippen LogP contribution < -0.4 is 33.2 Å². The second-order valence-corrected chi connectivity index (χ2v) is 9.88. The van der Waals surface area contributed by atoms with E-state index in [1.165, 1.54) is 12.1 Å². The number of rotatable bonds is 19. The molecule has 11 N–H and O–H groups in total. The first-order valence-corrected chi connectivity index (χ1v) is 13.6. The van der Waals surface area contributed by atoms with Crippen LogP contribution in [-0.2, 0) is 25.6 Å². The van der Waals surface area contributed by atoms with E-state index < -0.39 is 47.9 Å². The molecule has 0 aliphatic heterocycles. The first-order valence-electron chi connectivity index (χ1n) is 13.6. The number of carbonyl (C=O) groups excluding carboxylic acids is 3. The van der Waals surface area contributed by atoms with Crippen molar-refractivity contribution in [3.63, 3.8) is 0 Å². The number of carboxylic acids is 1. The highest BCUT2D eigenvalue weighted by atomic mass is 16.4. The Labute approximate surface area is 230 Å². The number of carboxylic acid groups (broad SMARTS) is 1. The minimum absolute atomic E-state index is 0.0524. The molecule has 39 heavy (non-hydrogen) atoms. The van der Waals surface area contributed by atoms with Crippen molar-refractivity contribution in [2.24, 2.45) is 23.1 Å². The summed E-state index contributed by atoms with van der Waals surface area (Å²) in [7, 11) is 0. The summed E-state index contributed by atoms with van der Waals surface area (Å²) >= 11 is 0. The molecule has 0 fully saturated rings. The average Bonchev–Trinajstić information content (AvgIpc) is 2.91. The first kappa shape index (κ1) is 33.8. The maximum absolute atomic E-state index is 13.4. The largest absolute Gasteiger partial charge is 0.508 e. The normalized spacial score (nSPS) is 14.9. The van der Waals surface area contributed by atoms with Gasteiger partial charge in [0, 0.05) is 6.42 Å². The van der Waals surface area contributed by atoms with Crippen molar-refractivity contribution in [1.82, 2.24) is 16.0 Å². The second-order valence-electron chi connectivity index (χ2n) is 9.88. The lowest BCUT2D eigenvalue weighted by atomic mass is 9.98. The highest BCUT2D eigenvalue weighted by Gasteiger charge is 2.31. The number of phenolic OH excluding ortho intramolecular Hbond substituents is 1. The highest BCUT2D eigenvalue weighted by Crippen LogP contribution is 2.13. The molecule has 12 nitrogen and oxygen atoms in total. The van der Waals surface area contributed by atoms with E-state index in [0.29, 0.717) is 57.2 Å². The Kier molecular flexibility index (Phi) is 15.7. The summed E-state index contributed by atoms with van der Waals surface area (Å²) in [5.41, 5.74) is 17.8. The van der Waals surface area contributed by atoms with Crippen molar-refractivity contribution < 1.29 is 29.4 Å². The summed E-state index contributed by atoms with van der Waals surface area (Å²) in [4.78, 5) is 51.1. The van der Waals surface area contributed by atoms with Gasteiger partial charge in [-0.25, -0.2) is 4.79 Å². The van der Waals surface area contributed by atoms with Gasteiger partial charge in [0.25, 0.3) is 0 Å². The Morgan fingerprint density at radius 1 is 0.821 bits per heavy atom. The molecule has 5 unspecified atom stereocenters. The lowest BCUT2D eigenvalue weighted by Crippen LogP contribution is -2.58. The fourth-order valence-electron chi connectivity index (χ4n) is 3.97. The fourth-order valence-corrected chi connectivity index (χ4v) is 3.97. The maximum atomic E-state index is 13.4. The van der Waals surface area contributed by atoms with Crippen molar-refractivity contribution in [2.45, 2.75) is 89.4 Å². The Morgan fingerprint density at radius 3 is 1.90 bits per heavy atom. The number of hydrogen-bond donors (Lipinski definition) is 8. The van der Waals surface area contributed by atoms with Gasteiger partial charge in [0.2, 0.25) is 17.7 Å². The van der Waals surface area contributed by atoms with Gasteiger partial charge in [-0.3, -0.25) is 14.4 Å².